The summed E-state index contributed by atoms with van der Waals surface area (Å²) in [6.07, 6.45) is 2.05. The molecular weight excluding hydrogens is 342 g/mol. The zero-order chi connectivity index (χ0) is 18.8. The number of hydrogen-bond acceptors (Lipinski definition) is 4. The van der Waals surface area contributed by atoms with E-state index >= 15 is 0 Å². The largest absolute Gasteiger partial charge is 0.378 e. The summed E-state index contributed by atoms with van der Waals surface area (Å²) in [6.45, 7) is 0.770. The highest BCUT2D eigenvalue weighted by atomic mass is 16.6. The Bertz CT molecular complexity index is 1040. The van der Waals surface area contributed by atoms with Gasteiger partial charge in [0.2, 0.25) is 0 Å². The maximum absolute atomic E-state index is 12.6. The van der Waals surface area contributed by atoms with Crippen molar-refractivity contribution in [3.05, 3.63) is 81.4 Å². The van der Waals surface area contributed by atoms with Gasteiger partial charge in [0.25, 0.3) is 11.6 Å². The molecule has 4 rings (SSSR count). The van der Waals surface area contributed by atoms with E-state index in [9.17, 15) is 14.9 Å². The molecule has 0 atom stereocenters. The van der Waals surface area contributed by atoms with Crippen LogP contribution in [-0.2, 0) is 12.8 Å². The number of nitro benzene ring substituents is 1. The fraction of sp³-hybridized carbons (Fsp3) is 0.190. The third-order valence-corrected chi connectivity index (χ3v) is 4.95. The van der Waals surface area contributed by atoms with Gasteiger partial charge in [0, 0.05) is 24.7 Å². The SMILES string of the molecule is O=C(NCCNc1ccccc1[N+](=O)[O-])c1ccc2c3c(cccc13)CC2. The van der Waals surface area contributed by atoms with Crippen molar-refractivity contribution in [1.29, 1.82) is 0 Å². The second kappa shape index (κ2) is 7.07. The number of para-hydroxylation sites is 2. The standard InChI is InChI=1S/C21H19N3O3/c25-21(23-13-12-22-18-6-1-2-7-19(18)24(26)27)17-11-10-15-9-8-14-4-3-5-16(17)20(14)15/h1-7,10-11,22H,8-9,12-13H2,(H,23,25). The Balaban J connectivity index is 1.43. The minimum atomic E-state index is -0.423. The van der Waals surface area contributed by atoms with Crippen LogP contribution in [0.15, 0.2) is 54.6 Å². The van der Waals surface area contributed by atoms with E-state index in [1.165, 1.54) is 22.6 Å². The number of anilines is 1. The molecule has 0 saturated carbocycles. The van der Waals surface area contributed by atoms with Crippen molar-refractivity contribution in [3.63, 3.8) is 0 Å². The third-order valence-electron chi connectivity index (χ3n) is 4.95. The van der Waals surface area contributed by atoms with Gasteiger partial charge in [-0.15, -0.1) is 0 Å². The smallest absolute Gasteiger partial charge is 0.292 e. The van der Waals surface area contributed by atoms with Gasteiger partial charge >= 0.3 is 0 Å². The fourth-order valence-corrected chi connectivity index (χ4v) is 3.70. The molecule has 1 aliphatic carbocycles. The van der Waals surface area contributed by atoms with Crippen LogP contribution in [0.4, 0.5) is 11.4 Å². The number of nitrogens with zero attached hydrogens (tertiary/aromatic N) is 1. The molecule has 0 spiro atoms. The van der Waals surface area contributed by atoms with Crippen LogP contribution < -0.4 is 10.6 Å². The van der Waals surface area contributed by atoms with Gasteiger partial charge in [0.05, 0.1) is 4.92 Å². The Kier molecular flexibility index (Phi) is 4.46. The molecule has 0 bridgehead atoms. The Morgan fingerprint density at radius 1 is 0.963 bits per heavy atom. The molecule has 2 N–H and O–H groups in total. The maximum atomic E-state index is 12.6. The number of carbonyl (C=O) groups is 1. The molecular formula is C21H19N3O3. The maximum Gasteiger partial charge on any atom is 0.292 e. The van der Waals surface area contributed by atoms with E-state index in [-0.39, 0.29) is 11.6 Å². The van der Waals surface area contributed by atoms with Crippen molar-refractivity contribution in [1.82, 2.24) is 5.32 Å². The van der Waals surface area contributed by atoms with Crippen LogP contribution in [0.25, 0.3) is 10.8 Å². The van der Waals surface area contributed by atoms with E-state index in [0.29, 0.717) is 24.3 Å². The van der Waals surface area contributed by atoms with Crippen LogP contribution in [0.5, 0.6) is 0 Å². The highest BCUT2D eigenvalue weighted by Gasteiger charge is 2.18. The number of nitrogens with one attached hydrogen (secondary N) is 2. The summed E-state index contributed by atoms with van der Waals surface area (Å²) in [5.41, 5.74) is 3.74. The van der Waals surface area contributed by atoms with Crippen molar-refractivity contribution < 1.29 is 9.72 Å². The second-order valence-corrected chi connectivity index (χ2v) is 6.57. The van der Waals surface area contributed by atoms with Crippen molar-refractivity contribution in [2.24, 2.45) is 0 Å². The molecule has 0 aliphatic heterocycles. The summed E-state index contributed by atoms with van der Waals surface area (Å²) in [6, 6.07) is 16.5. The molecule has 3 aromatic rings. The van der Waals surface area contributed by atoms with Crippen LogP contribution >= 0.6 is 0 Å². The lowest BCUT2D eigenvalue weighted by Crippen LogP contribution is -2.29. The van der Waals surface area contributed by atoms with Gasteiger partial charge in [-0.3, -0.25) is 14.9 Å². The summed E-state index contributed by atoms with van der Waals surface area (Å²) in [7, 11) is 0. The summed E-state index contributed by atoms with van der Waals surface area (Å²) < 4.78 is 0. The van der Waals surface area contributed by atoms with Gasteiger partial charge in [-0.2, -0.15) is 0 Å². The average molecular weight is 361 g/mol. The molecule has 0 aromatic heterocycles. The number of carbonyl (C=O) groups excluding carboxylic acids is 1. The van der Waals surface area contributed by atoms with Gasteiger partial charge in [-0.25, -0.2) is 0 Å². The van der Waals surface area contributed by atoms with Crippen molar-refractivity contribution in [2.75, 3.05) is 18.4 Å². The summed E-state index contributed by atoms with van der Waals surface area (Å²) in [5, 5.41) is 19.1. The van der Waals surface area contributed by atoms with E-state index in [1.807, 2.05) is 24.3 Å². The molecule has 3 aromatic carbocycles. The number of amides is 1. The number of nitro groups is 1. The lowest BCUT2D eigenvalue weighted by atomic mass is 9.99. The molecule has 0 saturated heterocycles. The molecule has 1 amide bonds. The van der Waals surface area contributed by atoms with Gasteiger partial charge in [-0.05, 0) is 46.9 Å². The third kappa shape index (κ3) is 3.21. The highest BCUT2D eigenvalue weighted by Crippen LogP contribution is 2.32. The first-order valence-corrected chi connectivity index (χ1v) is 8.94. The first-order valence-electron chi connectivity index (χ1n) is 8.94. The molecule has 27 heavy (non-hydrogen) atoms. The summed E-state index contributed by atoms with van der Waals surface area (Å²) >= 11 is 0. The Labute approximate surface area is 156 Å². The van der Waals surface area contributed by atoms with Gasteiger partial charge in [0.15, 0.2) is 0 Å². The Hall–Kier alpha value is -3.41. The molecule has 0 radical (unpaired) electrons. The molecule has 0 heterocycles. The van der Waals surface area contributed by atoms with Gasteiger partial charge in [0.1, 0.15) is 5.69 Å². The zero-order valence-corrected chi connectivity index (χ0v) is 14.7. The van der Waals surface area contributed by atoms with E-state index in [1.54, 1.807) is 18.2 Å². The lowest BCUT2D eigenvalue weighted by molar-refractivity contribution is -0.384. The van der Waals surface area contributed by atoms with E-state index in [4.69, 9.17) is 0 Å². The first-order chi connectivity index (χ1) is 13.1. The molecule has 136 valence electrons. The summed E-state index contributed by atoms with van der Waals surface area (Å²) in [5.74, 6) is -0.130. The van der Waals surface area contributed by atoms with Crippen molar-refractivity contribution >= 4 is 28.1 Å². The predicted octanol–water partition coefficient (Wildman–Crippen LogP) is 3.69. The van der Waals surface area contributed by atoms with Crippen LogP contribution in [0.1, 0.15) is 21.5 Å². The monoisotopic (exact) mass is 361 g/mol. The predicted molar refractivity (Wildman–Crippen MR) is 105 cm³/mol. The minimum Gasteiger partial charge on any atom is -0.378 e. The molecule has 1 aliphatic rings. The molecule has 0 fully saturated rings. The molecule has 6 heteroatoms. The van der Waals surface area contributed by atoms with Gasteiger partial charge < -0.3 is 10.6 Å². The highest BCUT2D eigenvalue weighted by molar-refractivity contribution is 6.09. The Morgan fingerprint density at radius 2 is 1.74 bits per heavy atom. The number of benzene rings is 3. The molecule has 0 unspecified atom stereocenters. The van der Waals surface area contributed by atoms with Crippen LogP contribution in [0.2, 0.25) is 0 Å². The molecule has 6 nitrogen and oxygen atoms in total. The minimum absolute atomic E-state index is 0.0244. The van der Waals surface area contributed by atoms with E-state index in [2.05, 4.69) is 16.7 Å². The second-order valence-electron chi connectivity index (χ2n) is 6.57. The lowest BCUT2D eigenvalue weighted by Gasteiger charge is -2.11. The van der Waals surface area contributed by atoms with Crippen LogP contribution in [0.3, 0.4) is 0 Å². The number of rotatable bonds is 6. The quantitative estimate of drug-likeness (QED) is 0.398. The van der Waals surface area contributed by atoms with Crippen LogP contribution in [-0.4, -0.2) is 23.9 Å². The normalized spacial score (nSPS) is 12.1. The summed E-state index contributed by atoms with van der Waals surface area (Å²) in [4.78, 5) is 23.2. The fourth-order valence-electron chi connectivity index (χ4n) is 3.70. The Morgan fingerprint density at radius 3 is 2.56 bits per heavy atom. The number of aryl methyl sites for hydroxylation is 2. The zero-order valence-electron chi connectivity index (χ0n) is 14.7. The van der Waals surface area contributed by atoms with Crippen molar-refractivity contribution in [3.8, 4) is 0 Å². The van der Waals surface area contributed by atoms with Crippen LogP contribution in [0, 0.1) is 10.1 Å². The first kappa shape index (κ1) is 17.0. The topological polar surface area (TPSA) is 84.3 Å². The van der Waals surface area contributed by atoms with E-state index in [0.717, 1.165) is 18.2 Å². The number of hydrogen-bond donors (Lipinski definition) is 2. The van der Waals surface area contributed by atoms with Crippen molar-refractivity contribution in [2.45, 2.75) is 12.8 Å². The van der Waals surface area contributed by atoms with Gasteiger partial charge in [-0.1, -0.05) is 36.4 Å². The average Bonchev–Trinajstić information content (AvgIpc) is 3.10. The van der Waals surface area contributed by atoms with E-state index < -0.39 is 4.92 Å².